The lowest BCUT2D eigenvalue weighted by Gasteiger charge is -2.07. The quantitative estimate of drug-likeness (QED) is 0.633. The molecule has 12 heavy (non-hydrogen) atoms. The Kier molecular flexibility index (Phi) is 3.86. The van der Waals surface area contributed by atoms with Gasteiger partial charge in [0.1, 0.15) is 0 Å². The fourth-order valence-electron chi connectivity index (χ4n) is 1.08. The molecule has 1 amide bonds. The van der Waals surface area contributed by atoms with E-state index in [1.165, 1.54) is 7.05 Å². The van der Waals surface area contributed by atoms with E-state index in [1.54, 1.807) is 0 Å². The van der Waals surface area contributed by atoms with Gasteiger partial charge in [0.15, 0.2) is 0 Å². The summed E-state index contributed by atoms with van der Waals surface area (Å²) in [5.74, 6) is -3.10. The molecular weight excluding hydrogens is 190 g/mol. The van der Waals surface area contributed by atoms with E-state index in [0.717, 1.165) is 0 Å². The number of alkyl halides is 2. The van der Waals surface area contributed by atoms with Crippen LogP contribution < -0.4 is 10.6 Å². The van der Waals surface area contributed by atoms with Crippen LogP contribution in [0.2, 0.25) is 0 Å². The summed E-state index contributed by atoms with van der Waals surface area (Å²) in [6.45, 7) is -0.398. The third-order valence-electron chi connectivity index (χ3n) is 1.67. The second-order valence-electron chi connectivity index (χ2n) is 2.61. The summed E-state index contributed by atoms with van der Waals surface area (Å²) >= 11 is 0. The molecule has 0 bridgehead atoms. The summed E-state index contributed by atoms with van der Waals surface area (Å²) in [5, 5.41) is 4.75. The summed E-state index contributed by atoms with van der Waals surface area (Å²) in [5.41, 5.74) is 0. The van der Waals surface area contributed by atoms with E-state index >= 15 is 0 Å². The molecule has 1 aliphatic heterocycles. The lowest BCUT2D eigenvalue weighted by molar-refractivity contribution is -0.122. The monoisotopic (exact) mass is 200 g/mol. The molecule has 2 N–H and O–H groups in total. The standard InChI is InChI=1S/C6H10F2N2O.ClH/c1-9-5(11)4-2-6(7,8)3-10-4;/h4,10H,2-3H2,1H3,(H,9,11);1H. The van der Waals surface area contributed by atoms with Gasteiger partial charge < -0.3 is 5.32 Å². The molecule has 0 aliphatic carbocycles. The van der Waals surface area contributed by atoms with Crippen LogP contribution in [-0.2, 0) is 4.79 Å². The highest BCUT2D eigenvalue weighted by molar-refractivity contribution is 5.85. The Labute approximate surface area is 75.3 Å². The molecule has 1 aliphatic rings. The number of likely N-dealkylation sites (N-methyl/N-ethyl adjacent to an activating group) is 1. The van der Waals surface area contributed by atoms with Crippen LogP contribution in [0, 0.1) is 0 Å². The van der Waals surface area contributed by atoms with Crippen molar-refractivity contribution in [2.24, 2.45) is 0 Å². The van der Waals surface area contributed by atoms with Crippen molar-refractivity contribution in [3.63, 3.8) is 0 Å². The first-order chi connectivity index (χ1) is 5.05. The van der Waals surface area contributed by atoms with Crippen LogP contribution in [0.5, 0.6) is 0 Å². The van der Waals surface area contributed by atoms with Gasteiger partial charge in [-0.1, -0.05) is 0 Å². The molecule has 0 aromatic heterocycles. The molecule has 0 spiro atoms. The average molecular weight is 201 g/mol. The fraction of sp³-hybridized carbons (Fsp3) is 0.833. The maximum atomic E-state index is 12.4. The average Bonchev–Trinajstić information content (AvgIpc) is 2.29. The summed E-state index contributed by atoms with van der Waals surface area (Å²) in [6, 6.07) is -0.727. The van der Waals surface area contributed by atoms with Crippen LogP contribution in [0.4, 0.5) is 8.78 Å². The van der Waals surface area contributed by atoms with Crippen molar-refractivity contribution >= 4 is 18.3 Å². The van der Waals surface area contributed by atoms with E-state index in [0.29, 0.717) is 0 Å². The number of rotatable bonds is 1. The fourth-order valence-corrected chi connectivity index (χ4v) is 1.08. The zero-order valence-corrected chi connectivity index (χ0v) is 7.38. The lowest BCUT2D eigenvalue weighted by Crippen LogP contribution is -2.38. The Morgan fingerprint density at radius 2 is 2.25 bits per heavy atom. The van der Waals surface area contributed by atoms with Crippen LogP contribution >= 0.6 is 12.4 Å². The highest BCUT2D eigenvalue weighted by Crippen LogP contribution is 2.24. The summed E-state index contributed by atoms with van der Waals surface area (Å²) in [6.07, 6.45) is -0.396. The minimum Gasteiger partial charge on any atom is -0.358 e. The van der Waals surface area contributed by atoms with Gasteiger partial charge in [-0.05, 0) is 0 Å². The van der Waals surface area contributed by atoms with E-state index in [1.807, 2.05) is 0 Å². The first-order valence-electron chi connectivity index (χ1n) is 3.38. The van der Waals surface area contributed by atoms with Gasteiger partial charge in [0.05, 0.1) is 12.6 Å². The van der Waals surface area contributed by atoms with Crippen LogP contribution in [0.15, 0.2) is 0 Å². The maximum Gasteiger partial charge on any atom is 0.262 e. The molecule has 1 fully saturated rings. The minimum absolute atomic E-state index is 0. The summed E-state index contributed by atoms with van der Waals surface area (Å²) in [4.78, 5) is 10.8. The van der Waals surface area contributed by atoms with Gasteiger partial charge in [0.25, 0.3) is 5.92 Å². The Morgan fingerprint density at radius 3 is 2.58 bits per heavy atom. The first-order valence-corrected chi connectivity index (χ1v) is 3.38. The number of amides is 1. The van der Waals surface area contributed by atoms with Crippen LogP contribution in [0.1, 0.15) is 6.42 Å². The SMILES string of the molecule is CNC(=O)C1CC(F)(F)CN1.Cl. The minimum atomic E-state index is -2.73. The number of carbonyl (C=O) groups is 1. The molecule has 1 atom stereocenters. The molecule has 1 saturated heterocycles. The van der Waals surface area contributed by atoms with Crippen LogP contribution in [0.3, 0.4) is 0 Å². The topological polar surface area (TPSA) is 41.1 Å². The van der Waals surface area contributed by atoms with Crippen molar-refractivity contribution in [2.45, 2.75) is 18.4 Å². The molecule has 72 valence electrons. The third-order valence-corrected chi connectivity index (χ3v) is 1.67. The number of hydrogen-bond donors (Lipinski definition) is 2. The summed E-state index contributed by atoms with van der Waals surface area (Å²) in [7, 11) is 1.43. The number of halogens is 3. The molecule has 0 saturated carbocycles. The second-order valence-corrected chi connectivity index (χ2v) is 2.61. The smallest absolute Gasteiger partial charge is 0.262 e. The molecule has 0 radical (unpaired) electrons. The van der Waals surface area contributed by atoms with Crippen molar-refractivity contribution in [3.8, 4) is 0 Å². The van der Waals surface area contributed by atoms with Gasteiger partial charge in [0.2, 0.25) is 5.91 Å². The predicted octanol–water partition coefficient (Wildman–Crippen LogP) is 0.151. The van der Waals surface area contributed by atoms with Crippen molar-refractivity contribution in [3.05, 3.63) is 0 Å². The Morgan fingerprint density at radius 1 is 1.67 bits per heavy atom. The molecule has 6 heteroatoms. The second kappa shape index (κ2) is 4.00. The highest BCUT2D eigenvalue weighted by atomic mass is 35.5. The van der Waals surface area contributed by atoms with Crippen molar-refractivity contribution < 1.29 is 13.6 Å². The number of hydrogen-bond acceptors (Lipinski definition) is 2. The first kappa shape index (κ1) is 11.6. The van der Waals surface area contributed by atoms with Crippen LogP contribution in [-0.4, -0.2) is 31.5 Å². The van der Waals surface area contributed by atoms with E-state index in [-0.39, 0.29) is 18.3 Å². The lowest BCUT2D eigenvalue weighted by atomic mass is 10.2. The van der Waals surface area contributed by atoms with Gasteiger partial charge in [-0.25, -0.2) is 8.78 Å². The zero-order valence-electron chi connectivity index (χ0n) is 6.56. The van der Waals surface area contributed by atoms with Crippen molar-refractivity contribution in [1.29, 1.82) is 0 Å². The maximum absolute atomic E-state index is 12.4. The molecule has 1 rings (SSSR count). The van der Waals surface area contributed by atoms with Gasteiger partial charge in [-0.3, -0.25) is 10.1 Å². The van der Waals surface area contributed by atoms with Crippen molar-refractivity contribution in [1.82, 2.24) is 10.6 Å². The molecule has 1 heterocycles. The zero-order chi connectivity index (χ0) is 8.48. The molecular formula is C6H11ClF2N2O. The number of carbonyl (C=O) groups excluding carboxylic acids is 1. The Bertz CT molecular complexity index is 177. The molecule has 0 aromatic rings. The Balaban J connectivity index is 0.00000121. The van der Waals surface area contributed by atoms with Crippen molar-refractivity contribution in [2.75, 3.05) is 13.6 Å². The highest BCUT2D eigenvalue weighted by Gasteiger charge is 2.41. The molecule has 1 unspecified atom stereocenters. The molecule has 3 nitrogen and oxygen atoms in total. The van der Waals surface area contributed by atoms with Gasteiger partial charge in [-0.15, -0.1) is 12.4 Å². The Hall–Kier alpha value is -0.420. The molecule has 0 aromatic carbocycles. The third kappa shape index (κ3) is 2.57. The van der Waals surface area contributed by atoms with E-state index in [4.69, 9.17) is 0 Å². The van der Waals surface area contributed by atoms with E-state index < -0.39 is 24.9 Å². The number of nitrogens with one attached hydrogen (secondary N) is 2. The predicted molar refractivity (Wildman–Crippen MR) is 42.7 cm³/mol. The van der Waals surface area contributed by atoms with Crippen LogP contribution in [0.25, 0.3) is 0 Å². The summed E-state index contributed by atoms with van der Waals surface area (Å²) < 4.78 is 24.9. The largest absolute Gasteiger partial charge is 0.358 e. The van der Waals surface area contributed by atoms with Gasteiger partial charge in [0, 0.05) is 13.5 Å². The van der Waals surface area contributed by atoms with Gasteiger partial charge >= 0.3 is 0 Å². The van der Waals surface area contributed by atoms with E-state index in [2.05, 4.69) is 10.6 Å². The normalized spacial score (nSPS) is 26.1. The van der Waals surface area contributed by atoms with E-state index in [9.17, 15) is 13.6 Å². The van der Waals surface area contributed by atoms with Gasteiger partial charge in [-0.2, -0.15) is 0 Å².